The van der Waals surface area contributed by atoms with Gasteiger partial charge in [0.2, 0.25) is 0 Å². The van der Waals surface area contributed by atoms with Gasteiger partial charge in [-0.2, -0.15) is 0 Å². The average Bonchev–Trinajstić information content (AvgIpc) is 2.61. The lowest BCUT2D eigenvalue weighted by Gasteiger charge is -2.09. The van der Waals surface area contributed by atoms with Crippen molar-refractivity contribution in [1.82, 2.24) is 9.97 Å². The quantitative estimate of drug-likeness (QED) is 0.613. The van der Waals surface area contributed by atoms with Gasteiger partial charge in [0.15, 0.2) is 5.78 Å². The summed E-state index contributed by atoms with van der Waals surface area (Å²) in [6.45, 7) is 0.567. The second kappa shape index (κ2) is 8.17. The molecule has 2 heterocycles. The Kier molecular flexibility index (Phi) is 5.71. The number of ketones is 1. The minimum Gasteiger partial charge on any atom is -0.382 e. The molecule has 26 heavy (non-hydrogen) atoms. The summed E-state index contributed by atoms with van der Waals surface area (Å²) < 4.78 is 0. The molecular weight excluding hydrogens is 371 g/mol. The first-order valence-corrected chi connectivity index (χ1v) is 8.65. The van der Waals surface area contributed by atoms with Crippen LogP contribution in [0, 0.1) is 0 Å². The van der Waals surface area contributed by atoms with Crippen molar-refractivity contribution in [2.45, 2.75) is 13.0 Å². The summed E-state index contributed by atoms with van der Waals surface area (Å²) in [4.78, 5) is 20.5. The number of halogens is 2. The number of aromatic nitrogens is 2. The Labute approximate surface area is 161 Å². The van der Waals surface area contributed by atoms with Crippen molar-refractivity contribution in [2.75, 3.05) is 11.1 Å². The first kappa shape index (κ1) is 18.2. The van der Waals surface area contributed by atoms with E-state index < -0.39 is 0 Å². The van der Waals surface area contributed by atoms with E-state index in [4.69, 9.17) is 28.9 Å². The van der Waals surface area contributed by atoms with Crippen LogP contribution in [0.15, 0.2) is 54.9 Å². The second-order valence-electron chi connectivity index (χ2n) is 5.69. The van der Waals surface area contributed by atoms with E-state index in [-0.39, 0.29) is 22.9 Å². The van der Waals surface area contributed by atoms with Crippen molar-refractivity contribution in [3.63, 3.8) is 0 Å². The molecule has 0 aliphatic rings. The molecule has 0 unspecified atom stereocenters. The number of hydrogen-bond donors (Lipinski definition) is 2. The second-order valence-corrected chi connectivity index (χ2v) is 6.54. The fourth-order valence-corrected chi connectivity index (χ4v) is 2.99. The summed E-state index contributed by atoms with van der Waals surface area (Å²) in [5.74, 6) is 0.288. The monoisotopic (exact) mass is 386 g/mol. The Hall–Kier alpha value is -2.63. The number of pyridine rings is 2. The van der Waals surface area contributed by atoms with Gasteiger partial charge in [0, 0.05) is 25.4 Å². The highest BCUT2D eigenvalue weighted by molar-refractivity contribution is 6.36. The number of hydrogen-bond acceptors (Lipinski definition) is 5. The van der Waals surface area contributed by atoms with Crippen LogP contribution in [-0.4, -0.2) is 15.8 Å². The minimum absolute atomic E-state index is 0.159. The Morgan fingerprint density at radius 2 is 1.88 bits per heavy atom. The number of carbonyl (C=O) groups excluding carboxylic acids is 1. The van der Waals surface area contributed by atoms with Crippen LogP contribution < -0.4 is 11.1 Å². The van der Waals surface area contributed by atoms with Crippen molar-refractivity contribution in [1.29, 1.82) is 0 Å². The van der Waals surface area contributed by atoms with Gasteiger partial charge in [-0.3, -0.25) is 4.79 Å². The first-order valence-electron chi connectivity index (χ1n) is 7.89. The fourth-order valence-electron chi connectivity index (χ4n) is 2.50. The molecule has 0 aliphatic heterocycles. The summed E-state index contributed by atoms with van der Waals surface area (Å²) in [6, 6.07) is 12.9. The maximum atomic E-state index is 12.5. The van der Waals surface area contributed by atoms with E-state index in [2.05, 4.69) is 15.3 Å². The molecule has 3 rings (SSSR count). The Bertz CT molecular complexity index is 946. The van der Waals surface area contributed by atoms with Crippen molar-refractivity contribution in [2.24, 2.45) is 0 Å². The van der Waals surface area contributed by atoms with Crippen molar-refractivity contribution in [3.8, 4) is 0 Å². The largest absolute Gasteiger partial charge is 0.382 e. The van der Waals surface area contributed by atoms with Gasteiger partial charge >= 0.3 is 0 Å². The Balaban J connectivity index is 1.69. The molecule has 3 aromatic rings. The van der Waals surface area contributed by atoms with Gasteiger partial charge in [-0.1, -0.05) is 47.5 Å². The molecule has 3 N–H and O–H groups in total. The Morgan fingerprint density at radius 1 is 1.08 bits per heavy atom. The zero-order valence-corrected chi connectivity index (χ0v) is 15.3. The minimum atomic E-state index is -0.159. The summed E-state index contributed by atoms with van der Waals surface area (Å²) in [5.41, 5.74) is 8.72. The zero-order valence-electron chi connectivity index (χ0n) is 13.7. The fraction of sp³-hybridized carbons (Fsp3) is 0.105. The third-order valence-corrected chi connectivity index (χ3v) is 4.24. The van der Waals surface area contributed by atoms with E-state index in [1.165, 1.54) is 12.3 Å². The van der Waals surface area contributed by atoms with Crippen LogP contribution in [0.1, 0.15) is 21.6 Å². The summed E-state index contributed by atoms with van der Waals surface area (Å²) in [7, 11) is 0. The molecule has 0 amide bonds. The maximum Gasteiger partial charge on any atom is 0.187 e. The number of carbonyl (C=O) groups is 1. The molecule has 5 nitrogen and oxygen atoms in total. The molecule has 0 aliphatic carbocycles. The normalized spacial score (nSPS) is 10.5. The summed E-state index contributed by atoms with van der Waals surface area (Å²) in [5, 5.41) is 3.89. The molecule has 0 bridgehead atoms. The SMILES string of the molecule is Nc1ncccc1NCc1cccc(CC(=O)c2ncc(Cl)cc2Cl)c1. The van der Waals surface area contributed by atoms with E-state index in [0.717, 1.165) is 16.8 Å². The van der Waals surface area contributed by atoms with Gasteiger partial charge in [-0.25, -0.2) is 9.97 Å². The average molecular weight is 387 g/mol. The smallest absolute Gasteiger partial charge is 0.187 e. The number of nitrogen functional groups attached to an aromatic ring is 1. The Morgan fingerprint density at radius 3 is 2.65 bits per heavy atom. The molecule has 0 atom stereocenters. The van der Waals surface area contributed by atoms with Gasteiger partial charge in [0.1, 0.15) is 11.5 Å². The van der Waals surface area contributed by atoms with E-state index in [1.54, 1.807) is 6.20 Å². The van der Waals surface area contributed by atoms with E-state index >= 15 is 0 Å². The standard InChI is InChI=1S/C19H16Cl2N4O/c20-14-9-15(21)18(25-11-14)17(26)8-12-3-1-4-13(7-12)10-24-16-5-2-6-23-19(16)22/h1-7,9,11,24H,8,10H2,(H2,22,23). The molecule has 0 saturated carbocycles. The van der Waals surface area contributed by atoms with Crippen LogP contribution in [0.4, 0.5) is 11.5 Å². The van der Waals surface area contributed by atoms with Gasteiger partial charge < -0.3 is 11.1 Å². The number of benzene rings is 1. The van der Waals surface area contributed by atoms with E-state index in [0.29, 0.717) is 17.4 Å². The van der Waals surface area contributed by atoms with Crippen LogP contribution in [0.2, 0.25) is 10.0 Å². The highest BCUT2D eigenvalue weighted by atomic mass is 35.5. The van der Waals surface area contributed by atoms with Crippen molar-refractivity contribution in [3.05, 3.63) is 81.7 Å². The zero-order chi connectivity index (χ0) is 18.5. The number of nitrogens with zero attached hydrogens (tertiary/aromatic N) is 2. The van der Waals surface area contributed by atoms with Crippen molar-refractivity contribution < 1.29 is 4.79 Å². The maximum absolute atomic E-state index is 12.5. The molecule has 1 aromatic carbocycles. The number of nitrogens with one attached hydrogen (secondary N) is 1. The van der Waals surface area contributed by atoms with Crippen molar-refractivity contribution >= 4 is 40.5 Å². The predicted molar refractivity (Wildman–Crippen MR) is 105 cm³/mol. The molecular formula is C19H16Cl2N4O. The topological polar surface area (TPSA) is 80.9 Å². The van der Waals surface area contributed by atoms with E-state index in [1.807, 2.05) is 36.4 Å². The van der Waals surface area contributed by atoms with Crippen LogP contribution in [0.5, 0.6) is 0 Å². The molecule has 0 saturated heterocycles. The molecule has 0 spiro atoms. The highest BCUT2D eigenvalue weighted by Gasteiger charge is 2.13. The highest BCUT2D eigenvalue weighted by Crippen LogP contribution is 2.21. The van der Waals surface area contributed by atoms with Crippen LogP contribution >= 0.6 is 23.2 Å². The van der Waals surface area contributed by atoms with Gasteiger partial charge in [0.05, 0.1) is 15.7 Å². The van der Waals surface area contributed by atoms with Crippen LogP contribution in [0.3, 0.4) is 0 Å². The number of rotatable bonds is 6. The lowest BCUT2D eigenvalue weighted by molar-refractivity contribution is 0.0988. The number of nitrogens with two attached hydrogens (primary N) is 1. The summed E-state index contributed by atoms with van der Waals surface area (Å²) >= 11 is 11.9. The van der Waals surface area contributed by atoms with Gasteiger partial charge in [-0.15, -0.1) is 0 Å². The summed E-state index contributed by atoms with van der Waals surface area (Å²) in [6.07, 6.45) is 3.26. The third-order valence-electron chi connectivity index (χ3n) is 3.75. The molecule has 0 fully saturated rings. The first-order chi connectivity index (χ1) is 12.5. The predicted octanol–water partition coefficient (Wildman–Crippen LogP) is 4.40. The number of Topliss-reactive ketones (excluding diaryl/α,β-unsaturated/α-hetero) is 1. The molecule has 7 heteroatoms. The van der Waals surface area contributed by atoms with Crippen LogP contribution in [0.25, 0.3) is 0 Å². The van der Waals surface area contributed by atoms with Crippen LogP contribution in [-0.2, 0) is 13.0 Å². The molecule has 132 valence electrons. The third kappa shape index (κ3) is 4.50. The lowest BCUT2D eigenvalue weighted by Crippen LogP contribution is -2.08. The lowest BCUT2D eigenvalue weighted by atomic mass is 10.0. The van der Waals surface area contributed by atoms with Gasteiger partial charge in [0.25, 0.3) is 0 Å². The molecule has 2 aromatic heterocycles. The van der Waals surface area contributed by atoms with E-state index in [9.17, 15) is 4.79 Å². The number of anilines is 2. The molecule has 0 radical (unpaired) electrons. The van der Waals surface area contributed by atoms with Gasteiger partial charge in [-0.05, 0) is 29.3 Å².